The van der Waals surface area contributed by atoms with Crippen molar-refractivity contribution in [3.63, 3.8) is 0 Å². The van der Waals surface area contributed by atoms with Crippen molar-refractivity contribution in [1.29, 1.82) is 0 Å². The van der Waals surface area contributed by atoms with Crippen molar-refractivity contribution in [2.75, 3.05) is 0 Å². The molecule has 0 bridgehead atoms. The van der Waals surface area contributed by atoms with Gasteiger partial charge in [-0.3, -0.25) is 0 Å². The predicted octanol–water partition coefficient (Wildman–Crippen LogP) is 2.78. The van der Waals surface area contributed by atoms with Gasteiger partial charge in [0.25, 0.3) is 0 Å². The van der Waals surface area contributed by atoms with Gasteiger partial charge in [0, 0.05) is 17.5 Å². The van der Waals surface area contributed by atoms with Gasteiger partial charge >= 0.3 is 0 Å². The van der Waals surface area contributed by atoms with E-state index in [0.29, 0.717) is 23.4 Å². The monoisotopic (exact) mass is 189 g/mol. The lowest BCUT2D eigenvalue weighted by molar-refractivity contribution is 0.376. The van der Waals surface area contributed by atoms with Crippen LogP contribution in [0.4, 0.5) is 0 Å². The Labute approximate surface area is 80.9 Å². The van der Waals surface area contributed by atoms with Gasteiger partial charge in [-0.1, -0.05) is 20.3 Å². The van der Waals surface area contributed by atoms with Gasteiger partial charge in [0.2, 0.25) is 0 Å². The molecule has 12 heavy (non-hydrogen) atoms. The molecule has 2 heteroatoms. The largest absolute Gasteiger partial charge is 0.310 e. The second-order valence-electron chi connectivity index (χ2n) is 4.25. The van der Waals surface area contributed by atoms with Crippen molar-refractivity contribution in [3.8, 4) is 0 Å². The fraction of sp³-hybridized carbons (Fsp3) is 1.00. The molecule has 3 unspecified atom stereocenters. The Bertz CT molecular complexity index is 136. The highest BCUT2D eigenvalue weighted by molar-refractivity contribution is 6.21. The molecule has 1 fully saturated rings. The van der Waals surface area contributed by atoms with Gasteiger partial charge in [0.05, 0.1) is 0 Å². The third-order valence-corrected chi connectivity index (χ3v) is 3.43. The van der Waals surface area contributed by atoms with Gasteiger partial charge in [0.15, 0.2) is 0 Å². The highest BCUT2D eigenvalue weighted by Gasteiger charge is 2.26. The summed E-state index contributed by atoms with van der Waals surface area (Å²) in [5.41, 5.74) is 0. The maximum absolute atomic E-state index is 6.16. The lowest BCUT2D eigenvalue weighted by atomic mass is 10.1. The predicted molar refractivity (Wildman–Crippen MR) is 54.7 cm³/mol. The first kappa shape index (κ1) is 10.3. The zero-order valence-electron chi connectivity index (χ0n) is 8.31. The first-order valence-electron chi connectivity index (χ1n) is 5.01. The van der Waals surface area contributed by atoms with Crippen molar-refractivity contribution in [2.45, 2.75) is 57.5 Å². The molecule has 1 nitrogen and oxygen atoms in total. The standard InChI is InChI=1S/C10H20ClN/c1-7(2)8(3)12-10-6-4-5-9(10)11/h7-10,12H,4-6H2,1-3H3. The van der Waals surface area contributed by atoms with E-state index in [4.69, 9.17) is 11.6 Å². The summed E-state index contributed by atoms with van der Waals surface area (Å²) in [5, 5.41) is 3.96. The average molecular weight is 190 g/mol. The number of rotatable bonds is 3. The number of hydrogen-bond donors (Lipinski definition) is 1. The molecule has 0 aromatic rings. The Balaban J connectivity index is 2.30. The van der Waals surface area contributed by atoms with Crippen LogP contribution in [0.1, 0.15) is 40.0 Å². The molecule has 72 valence electrons. The summed E-state index contributed by atoms with van der Waals surface area (Å²) in [6, 6.07) is 1.15. The second kappa shape index (κ2) is 4.48. The van der Waals surface area contributed by atoms with Gasteiger partial charge in [-0.05, 0) is 25.7 Å². The summed E-state index contributed by atoms with van der Waals surface area (Å²) in [6.45, 7) is 6.73. The van der Waals surface area contributed by atoms with Gasteiger partial charge in [-0.2, -0.15) is 0 Å². The minimum atomic E-state index is 0.367. The van der Waals surface area contributed by atoms with Crippen LogP contribution in [0, 0.1) is 5.92 Å². The Morgan fingerprint density at radius 2 is 1.92 bits per heavy atom. The van der Waals surface area contributed by atoms with E-state index in [9.17, 15) is 0 Å². The lowest BCUT2D eigenvalue weighted by Crippen LogP contribution is -2.41. The van der Waals surface area contributed by atoms with Crippen LogP contribution in [-0.4, -0.2) is 17.5 Å². The minimum absolute atomic E-state index is 0.367. The van der Waals surface area contributed by atoms with Crippen LogP contribution < -0.4 is 5.32 Å². The summed E-state index contributed by atoms with van der Waals surface area (Å²) in [4.78, 5) is 0. The zero-order valence-corrected chi connectivity index (χ0v) is 9.06. The van der Waals surface area contributed by atoms with Crippen LogP contribution in [0.25, 0.3) is 0 Å². The molecule has 1 rings (SSSR count). The first-order valence-corrected chi connectivity index (χ1v) is 5.45. The topological polar surface area (TPSA) is 12.0 Å². The smallest absolute Gasteiger partial charge is 0.0489 e. The van der Waals surface area contributed by atoms with Gasteiger partial charge in [0.1, 0.15) is 0 Å². The van der Waals surface area contributed by atoms with Crippen LogP contribution in [-0.2, 0) is 0 Å². The number of nitrogens with one attached hydrogen (secondary N) is 1. The molecule has 1 saturated carbocycles. The molecule has 0 aromatic carbocycles. The van der Waals surface area contributed by atoms with E-state index < -0.39 is 0 Å². The van der Waals surface area contributed by atoms with Crippen LogP contribution in [0.2, 0.25) is 0 Å². The van der Waals surface area contributed by atoms with Crippen molar-refractivity contribution >= 4 is 11.6 Å². The van der Waals surface area contributed by atoms with Crippen LogP contribution in [0.15, 0.2) is 0 Å². The van der Waals surface area contributed by atoms with Crippen molar-refractivity contribution < 1.29 is 0 Å². The van der Waals surface area contributed by atoms with E-state index in [0.717, 1.165) is 0 Å². The van der Waals surface area contributed by atoms with E-state index >= 15 is 0 Å². The first-order chi connectivity index (χ1) is 5.61. The molecule has 0 aliphatic heterocycles. The Morgan fingerprint density at radius 3 is 2.33 bits per heavy atom. The molecule has 0 saturated heterocycles. The normalized spacial score (nSPS) is 32.8. The van der Waals surface area contributed by atoms with Crippen LogP contribution in [0.3, 0.4) is 0 Å². The highest BCUT2D eigenvalue weighted by atomic mass is 35.5. The van der Waals surface area contributed by atoms with Gasteiger partial charge in [-0.25, -0.2) is 0 Å². The maximum Gasteiger partial charge on any atom is 0.0489 e. The summed E-state index contributed by atoms with van der Waals surface area (Å²) in [5.74, 6) is 0.703. The summed E-state index contributed by atoms with van der Waals surface area (Å²) in [6.07, 6.45) is 3.73. The minimum Gasteiger partial charge on any atom is -0.310 e. The Morgan fingerprint density at radius 1 is 1.25 bits per heavy atom. The fourth-order valence-corrected chi connectivity index (χ4v) is 1.99. The molecule has 0 amide bonds. The highest BCUT2D eigenvalue weighted by Crippen LogP contribution is 2.24. The molecular formula is C10H20ClN. The maximum atomic E-state index is 6.16. The Kier molecular flexibility index (Phi) is 3.85. The van der Waals surface area contributed by atoms with Crippen molar-refractivity contribution in [2.24, 2.45) is 5.92 Å². The third-order valence-electron chi connectivity index (χ3n) is 2.91. The lowest BCUT2D eigenvalue weighted by Gasteiger charge is -2.24. The van der Waals surface area contributed by atoms with Crippen molar-refractivity contribution in [1.82, 2.24) is 5.32 Å². The third kappa shape index (κ3) is 2.63. The van der Waals surface area contributed by atoms with Crippen molar-refractivity contribution in [3.05, 3.63) is 0 Å². The SMILES string of the molecule is CC(C)C(C)NC1CCCC1Cl. The molecule has 0 radical (unpaired) electrons. The van der Waals surface area contributed by atoms with E-state index in [2.05, 4.69) is 26.1 Å². The summed E-state index contributed by atoms with van der Waals surface area (Å²) < 4.78 is 0. The quantitative estimate of drug-likeness (QED) is 0.674. The number of halogens is 1. The molecular weight excluding hydrogens is 170 g/mol. The van der Waals surface area contributed by atoms with Crippen LogP contribution >= 0.6 is 11.6 Å². The molecule has 1 aliphatic rings. The Hall–Kier alpha value is 0.250. The summed E-state index contributed by atoms with van der Waals surface area (Å²) in [7, 11) is 0. The van der Waals surface area contributed by atoms with Gasteiger partial charge < -0.3 is 5.32 Å². The van der Waals surface area contributed by atoms with Gasteiger partial charge in [-0.15, -0.1) is 11.6 Å². The second-order valence-corrected chi connectivity index (χ2v) is 4.81. The molecule has 0 aromatic heterocycles. The average Bonchev–Trinajstić information content (AvgIpc) is 2.36. The van der Waals surface area contributed by atoms with E-state index in [-0.39, 0.29) is 0 Å². The molecule has 3 atom stereocenters. The molecule has 0 spiro atoms. The molecule has 1 aliphatic carbocycles. The molecule has 1 N–H and O–H groups in total. The van der Waals surface area contributed by atoms with E-state index in [1.165, 1.54) is 19.3 Å². The van der Waals surface area contributed by atoms with Crippen LogP contribution in [0.5, 0.6) is 0 Å². The fourth-order valence-electron chi connectivity index (χ4n) is 1.63. The molecule has 0 heterocycles. The summed E-state index contributed by atoms with van der Waals surface area (Å²) >= 11 is 6.16. The number of hydrogen-bond acceptors (Lipinski definition) is 1. The van der Waals surface area contributed by atoms with E-state index in [1.54, 1.807) is 0 Å². The van der Waals surface area contributed by atoms with E-state index in [1.807, 2.05) is 0 Å². The zero-order chi connectivity index (χ0) is 9.14. The number of alkyl halides is 1.